The molecule has 0 bridgehead atoms. The summed E-state index contributed by atoms with van der Waals surface area (Å²) in [6.45, 7) is 2.47. The van der Waals surface area contributed by atoms with Crippen LogP contribution >= 0.6 is 23.7 Å². The molecule has 0 saturated heterocycles. The third-order valence-electron chi connectivity index (χ3n) is 3.19. The second-order valence-electron chi connectivity index (χ2n) is 4.44. The number of nitrogens with zero attached hydrogens (tertiary/aromatic N) is 2. The summed E-state index contributed by atoms with van der Waals surface area (Å²) in [6, 6.07) is 2.00. The predicted molar refractivity (Wildman–Crippen MR) is 78.7 cm³/mol. The van der Waals surface area contributed by atoms with Gasteiger partial charge in [0.1, 0.15) is 0 Å². The molecular formula is C12H15ClN4OS. The van der Waals surface area contributed by atoms with E-state index in [0.717, 1.165) is 30.0 Å². The summed E-state index contributed by atoms with van der Waals surface area (Å²) < 4.78 is 0. The lowest BCUT2D eigenvalue weighted by Crippen LogP contribution is -2.34. The van der Waals surface area contributed by atoms with Gasteiger partial charge in [-0.1, -0.05) is 0 Å². The Kier molecular flexibility index (Phi) is 4.24. The van der Waals surface area contributed by atoms with Gasteiger partial charge in [0.25, 0.3) is 5.56 Å². The molecule has 3 heterocycles. The number of anilines is 1. The zero-order valence-corrected chi connectivity index (χ0v) is 11.9. The number of H-pyrrole nitrogens is 1. The molecule has 0 aromatic carbocycles. The van der Waals surface area contributed by atoms with Crippen molar-refractivity contribution in [3.8, 4) is 0 Å². The Bertz CT molecular complexity index is 624. The number of nitrogens with two attached hydrogens (primary N) is 1. The second kappa shape index (κ2) is 5.73. The molecule has 0 radical (unpaired) electrons. The number of halogens is 1. The molecule has 0 amide bonds. The zero-order chi connectivity index (χ0) is 12.5. The predicted octanol–water partition coefficient (Wildman–Crippen LogP) is 1.39. The van der Waals surface area contributed by atoms with E-state index in [0.29, 0.717) is 11.7 Å². The van der Waals surface area contributed by atoms with Gasteiger partial charge in [0.05, 0.1) is 0 Å². The van der Waals surface area contributed by atoms with Crippen LogP contribution in [0.25, 0.3) is 0 Å². The van der Waals surface area contributed by atoms with Crippen molar-refractivity contribution in [2.24, 2.45) is 0 Å². The smallest absolute Gasteiger partial charge is 0.252 e. The van der Waals surface area contributed by atoms with E-state index in [9.17, 15) is 4.79 Å². The maximum absolute atomic E-state index is 11.8. The van der Waals surface area contributed by atoms with Crippen LogP contribution in [0.2, 0.25) is 0 Å². The summed E-state index contributed by atoms with van der Waals surface area (Å²) >= 11 is 1.51. The second-order valence-corrected chi connectivity index (χ2v) is 5.58. The first-order valence-corrected chi connectivity index (χ1v) is 6.66. The number of hydrogen-bond acceptors (Lipinski definition) is 5. The van der Waals surface area contributed by atoms with Crippen LogP contribution in [0.5, 0.6) is 0 Å². The molecule has 0 fully saturated rings. The van der Waals surface area contributed by atoms with Crippen molar-refractivity contribution in [3.63, 3.8) is 0 Å². The van der Waals surface area contributed by atoms with E-state index >= 15 is 0 Å². The summed E-state index contributed by atoms with van der Waals surface area (Å²) in [5.41, 5.74) is 7.70. The average molecular weight is 299 g/mol. The molecule has 0 atom stereocenters. The number of pyridine rings is 1. The van der Waals surface area contributed by atoms with Gasteiger partial charge >= 0.3 is 0 Å². The van der Waals surface area contributed by atoms with Crippen LogP contribution in [0, 0.1) is 0 Å². The van der Waals surface area contributed by atoms with Crippen LogP contribution in [0.15, 0.2) is 23.3 Å². The first-order chi connectivity index (χ1) is 8.72. The van der Waals surface area contributed by atoms with Gasteiger partial charge in [-0.25, -0.2) is 4.98 Å². The molecule has 1 aliphatic rings. The highest BCUT2D eigenvalue weighted by molar-refractivity contribution is 7.15. The van der Waals surface area contributed by atoms with Crippen molar-refractivity contribution in [1.29, 1.82) is 0 Å². The highest BCUT2D eigenvalue weighted by atomic mass is 35.5. The van der Waals surface area contributed by atoms with Crippen LogP contribution in [-0.4, -0.2) is 21.4 Å². The number of fused-ring (bicyclic) bond motifs is 1. The normalized spacial score (nSPS) is 14.7. The summed E-state index contributed by atoms with van der Waals surface area (Å²) in [5.74, 6) is 0. The maximum atomic E-state index is 11.8. The van der Waals surface area contributed by atoms with Gasteiger partial charge in [0.15, 0.2) is 5.13 Å². The minimum absolute atomic E-state index is 0. The Balaban J connectivity index is 0.00000133. The molecule has 1 aliphatic heterocycles. The fraction of sp³-hybridized carbons (Fsp3) is 0.333. The highest BCUT2D eigenvalue weighted by Crippen LogP contribution is 2.20. The number of rotatable bonds is 2. The summed E-state index contributed by atoms with van der Waals surface area (Å²) in [6.07, 6.45) is 4.46. The minimum Gasteiger partial charge on any atom is -0.375 e. The molecule has 3 N–H and O–H groups in total. The van der Waals surface area contributed by atoms with E-state index in [-0.39, 0.29) is 18.0 Å². The summed E-state index contributed by atoms with van der Waals surface area (Å²) in [7, 11) is 0. The lowest BCUT2D eigenvalue weighted by Gasteiger charge is -2.27. The molecule has 2 aromatic heterocycles. The molecule has 3 rings (SSSR count). The third-order valence-corrected chi connectivity index (χ3v) is 4.00. The van der Waals surface area contributed by atoms with E-state index in [1.165, 1.54) is 16.9 Å². The molecule has 5 nitrogen and oxygen atoms in total. The molecule has 0 spiro atoms. The van der Waals surface area contributed by atoms with Crippen LogP contribution < -0.4 is 11.3 Å². The first kappa shape index (κ1) is 14.0. The van der Waals surface area contributed by atoms with Crippen LogP contribution in [0.3, 0.4) is 0 Å². The topological polar surface area (TPSA) is 75.0 Å². The quantitative estimate of drug-likeness (QED) is 0.879. The van der Waals surface area contributed by atoms with Crippen molar-refractivity contribution in [1.82, 2.24) is 14.9 Å². The Labute approximate surface area is 120 Å². The van der Waals surface area contributed by atoms with E-state index in [2.05, 4.69) is 14.9 Å². The van der Waals surface area contributed by atoms with E-state index in [1.807, 2.05) is 12.3 Å². The Morgan fingerprint density at radius 1 is 1.53 bits per heavy atom. The highest BCUT2D eigenvalue weighted by Gasteiger charge is 2.19. The van der Waals surface area contributed by atoms with Crippen LogP contribution in [-0.2, 0) is 19.5 Å². The molecule has 19 heavy (non-hydrogen) atoms. The molecule has 102 valence electrons. The Morgan fingerprint density at radius 3 is 3.11 bits per heavy atom. The van der Waals surface area contributed by atoms with E-state index in [1.54, 1.807) is 6.20 Å². The van der Waals surface area contributed by atoms with E-state index < -0.39 is 0 Å². The lowest BCUT2D eigenvalue weighted by molar-refractivity contribution is 0.246. The van der Waals surface area contributed by atoms with Crippen molar-refractivity contribution >= 4 is 28.9 Å². The van der Waals surface area contributed by atoms with Crippen molar-refractivity contribution in [2.45, 2.75) is 19.5 Å². The van der Waals surface area contributed by atoms with Gasteiger partial charge in [0, 0.05) is 42.5 Å². The van der Waals surface area contributed by atoms with Gasteiger partial charge < -0.3 is 10.7 Å². The van der Waals surface area contributed by atoms with Crippen molar-refractivity contribution < 1.29 is 0 Å². The molecule has 7 heteroatoms. The van der Waals surface area contributed by atoms with Gasteiger partial charge in [-0.2, -0.15) is 0 Å². The van der Waals surface area contributed by atoms with Crippen LogP contribution in [0.4, 0.5) is 5.13 Å². The zero-order valence-electron chi connectivity index (χ0n) is 10.3. The maximum Gasteiger partial charge on any atom is 0.252 e. The molecule has 0 aliphatic carbocycles. The fourth-order valence-electron chi connectivity index (χ4n) is 2.29. The average Bonchev–Trinajstić information content (AvgIpc) is 2.76. The fourth-order valence-corrected chi connectivity index (χ4v) is 3.02. The van der Waals surface area contributed by atoms with Gasteiger partial charge in [0.2, 0.25) is 0 Å². The number of nitrogen functional groups attached to an aromatic ring is 1. The van der Waals surface area contributed by atoms with E-state index in [4.69, 9.17) is 5.73 Å². The first-order valence-electron chi connectivity index (χ1n) is 5.84. The molecule has 2 aromatic rings. The summed E-state index contributed by atoms with van der Waals surface area (Å²) in [5, 5.41) is 0.597. The third kappa shape index (κ3) is 2.97. The summed E-state index contributed by atoms with van der Waals surface area (Å²) in [4.78, 5) is 21.9. The Hall–Kier alpha value is -1.37. The minimum atomic E-state index is 0. The van der Waals surface area contributed by atoms with Gasteiger partial charge in [-0.15, -0.1) is 23.7 Å². The number of nitrogens with one attached hydrogen (secondary N) is 1. The lowest BCUT2D eigenvalue weighted by atomic mass is 10.0. The largest absolute Gasteiger partial charge is 0.375 e. The number of aromatic nitrogens is 2. The Morgan fingerprint density at radius 2 is 2.37 bits per heavy atom. The molecule has 0 unspecified atom stereocenters. The molecule has 0 saturated carbocycles. The number of aromatic amines is 1. The van der Waals surface area contributed by atoms with Gasteiger partial charge in [-0.3, -0.25) is 9.69 Å². The van der Waals surface area contributed by atoms with Crippen molar-refractivity contribution in [3.05, 3.63) is 44.8 Å². The monoisotopic (exact) mass is 298 g/mol. The van der Waals surface area contributed by atoms with Gasteiger partial charge in [-0.05, 0) is 18.1 Å². The number of thiazole rings is 1. The standard InChI is InChI=1S/C12H14N4OS.ClH/c13-12-15-5-9(18-12)6-16-4-2-8-1-3-14-11(17)10(8)7-16;/h1,3,5H,2,4,6-7H2,(H2,13,15)(H,14,17);1H. The van der Waals surface area contributed by atoms with Crippen LogP contribution in [0.1, 0.15) is 16.0 Å². The molecular weight excluding hydrogens is 284 g/mol. The SMILES string of the molecule is Cl.Nc1ncc(CN2CCc3cc[nH]c(=O)c3C2)s1. The van der Waals surface area contributed by atoms with Crippen molar-refractivity contribution in [2.75, 3.05) is 12.3 Å². The number of hydrogen-bond donors (Lipinski definition) is 2.